The van der Waals surface area contributed by atoms with Gasteiger partial charge in [-0.1, -0.05) is 0 Å². The van der Waals surface area contributed by atoms with Gasteiger partial charge in [0.05, 0.1) is 19.9 Å². The lowest BCUT2D eigenvalue weighted by Gasteiger charge is -2.14. The summed E-state index contributed by atoms with van der Waals surface area (Å²) in [6.07, 6.45) is 3.54. The van der Waals surface area contributed by atoms with Crippen LogP contribution in [0.4, 0.5) is 0 Å². The molecule has 144 valence electrons. The van der Waals surface area contributed by atoms with Crippen LogP contribution < -0.4 is 15.4 Å². The zero-order valence-corrected chi connectivity index (χ0v) is 17.1. The predicted octanol–water partition coefficient (Wildman–Crippen LogP) is 3.16. The van der Waals surface area contributed by atoms with E-state index < -0.39 is 6.04 Å². The van der Waals surface area contributed by atoms with Crippen LogP contribution in [-0.4, -0.2) is 29.8 Å². The third-order valence-electron chi connectivity index (χ3n) is 4.08. The Morgan fingerprint density at radius 1 is 1.26 bits per heavy atom. The Hall–Kier alpha value is -2.35. The molecule has 2 aromatic heterocycles. The maximum atomic E-state index is 12.5. The summed E-state index contributed by atoms with van der Waals surface area (Å²) in [7, 11) is 5.26. The van der Waals surface area contributed by atoms with E-state index in [-0.39, 0.29) is 18.3 Å². The van der Waals surface area contributed by atoms with Gasteiger partial charge >= 0.3 is 0 Å². The van der Waals surface area contributed by atoms with Gasteiger partial charge in [0, 0.05) is 28.6 Å². The van der Waals surface area contributed by atoms with E-state index in [2.05, 4.69) is 21.8 Å². The average molecular weight is 407 g/mol. The summed E-state index contributed by atoms with van der Waals surface area (Å²) >= 11 is 1.67. The second kappa shape index (κ2) is 9.55. The Labute approximate surface area is 169 Å². The fraction of sp³-hybridized carbons (Fsp3) is 0.263. The van der Waals surface area contributed by atoms with Crippen LogP contribution in [0.5, 0.6) is 5.75 Å². The summed E-state index contributed by atoms with van der Waals surface area (Å²) in [5.74, 6) is 0.770. The molecule has 2 heterocycles. The fourth-order valence-corrected chi connectivity index (χ4v) is 3.65. The Bertz CT molecular complexity index is 876. The third kappa shape index (κ3) is 5.09. The smallest absolute Gasteiger partial charge is 0.242 e. The molecule has 0 radical (unpaired) electrons. The molecule has 0 aliphatic carbocycles. The Morgan fingerprint density at radius 2 is 2.00 bits per heavy atom. The number of halogens is 1. The molecule has 6 nitrogen and oxygen atoms in total. The van der Waals surface area contributed by atoms with Crippen LogP contribution in [0.3, 0.4) is 0 Å². The number of likely N-dealkylation sites (N-methyl/N-ethyl adjacent to an activating group) is 1. The van der Waals surface area contributed by atoms with Crippen molar-refractivity contribution in [2.45, 2.75) is 12.6 Å². The molecule has 0 saturated heterocycles. The summed E-state index contributed by atoms with van der Waals surface area (Å²) in [5.41, 5.74) is 1.98. The number of methoxy groups -OCH3 is 1. The topological polar surface area (TPSA) is 68.2 Å². The van der Waals surface area contributed by atoms with Crippen LogP contribution in [0.15, 0.2) is 48.8 Å². The first kappa shape index (κ1) is 21.0. The minimum atomic E-state index is -0.412. The van der Waals surface area contributed by atoms with Crippen molar-refractivity contribution < 1.29 is 9.53 Å². The highest BCUT2D eigenvalue weighted by atomic mass is 35.5. The minimum Gasteiger partial charge on any atom is -0.497 e. The second-order valence-electron chi connectivity index (χ2n) is 5.88. The molecule has 1 unspecified atom stereocenters. The molecular weight excluding hydrogens is 384 g/mol. The molecule has 1 amide bonds. The number of rotatable bonds is 7. The molecule has 0 saturated carbocycles. The molecule has 3 rings (SSSR count). The van der Waals surface area contributed by atoms with E-state index >= 15 is 0 Å². The van der Waals surface area contributed by atoms with Gasteiger partial charge in [-0.05, 0) is 49.0 Å². The molecule has 0 aliphatic rings. The Morgan fingerprint density at radius 3 is 2.59 bits per heavy atom. The number of hydrogen-bond donors (Lipinski definition) is 2. The van der Waals surface area contributed by atoms with Gasteiger partial charge in [0.2, 0.25) is 5.91 Å². The van der Waals surface area contributed by atoms with Crippen LogP contribution in [0.25, 0.3) is 10.4 Å². The van der Waals surface area contributed by atoms with E-state index in [9.17, 15) is 4.79 Å². The first-order valence-electron chi connectivity index (χ1n) is 8.27. The molecule has 0 spiro atoms. The normalized spacial score (nSPS) is 11.5. The van der Waals surface area contributed by atoms with Gasteiger partial charge in [-0.2, -0.15) is 5.10 Å². The highest BCUT2D eigenvalue weighted by Gasteiger charge is 2.19. The first-order valence-corrected chi connectivity index (χ1v) is 9.09. The highest BCUT2D eigenvalue weighted by Crippen LogP contribution is 2.29. The van der Waals surface area contributed by atoms with Crippen molar-refractivity contribution in [2.75, 3.05) is 14.2 Å². The van der Waals surface area contributed by atoms with Crippen LogP contribution in [0.2, 0.25) is 0 Å². The maximum absolute atomic E-state index is 12.5. The number of nitrogens with one attached hydrogen (secondary N) is 2. The molecular formula is C19H23ClN4O2S. The monoisotopic (exact) mass is 406 g/mol. The first-order chi connectivity index (χ1) is 12.6. The zero-order chi connectivity index (χ0) is 18.5. The maximum Gasteiger partial charge on any atom is 0.242 e. The predicted molar refractivity (Wildman–Crippen MR) is 110 cm³/mol. The van der Waals surface area contributed by atoms with Crippen molar-refractivity contribution in [3.05, 3.63) is 59.2 Å². The van der Waals surface area contributed by atoms with Crippen molar-refractivity contribution in [3.63, 3.8) is 0 Å². The van der Waals surface area contributed by atoms with E-state index in [1.807, 2.05) is 43.6 Å². The largest absolute Gasteiger partial charge is 0.497 e. The number of thiophene rings is 1. The average Bonchev–Trinajstić information content (AvgIpc) is 3.30. The number of carbonyl (C=O) groups excluding carboxylic acids is 1. The van der Waals surface area contributed by atoms with Gasteiger partial charge in [0.15, 0.2) is 0 Å². The standard InChI is InChI=1S/C19H22N4O2S.ClH/c1-20-18(14-10-22-23(2)12-14)19(24)21-11-16-8-9-17(26-16)13-4-6-15(25-3)7-5-13;/h4-10,12,18,20H,11H2,1-3H3,(H,21,24);1H. The third-order valence-corrected chi connectivity index (χ3v) is 5.22. The number of hydrogen-bond acceptors (Lipinski definition) is 5. The van der Waals surface area contributed by atoms with Crippen LogP contribution in [0.1, 0.15) is 16.5 Å². The van der Waals surface area contributed by atoms with Crippen LogP contribution in [-0.2, 0) is 18.4 Å². The van der Waals surface area contributed by atoms with Crippen LogP contribution in [0, 0.1) is 0 Å². The fourth-order valence-electron chi connectivity index (χ4n) is 2.70. The van der Waals surface area contributed by atoms with Gasteiger partial charge < -0.3 is 15.4 Å². The van der Waals surface area contributed by atoms with Crippen LogP contribution >= 0.6 is 23.7 Å². The lowest BCUT2D eigenvalue weighted by Crippen LogP contribution is -2.35. The van der Waals surface area contributed by atoms with Gasteiger partial charge in [-0.3, -0.25) is 9.48 Å². The molecule has 0 fully saturated rings. The van der Waals surface area contributed by atoms with E-state index in [1.54, 1.807) is 36.4 Å². The summed E-state index contributed by atoms with van der Waals surface area (Å²) in [5, 5.41) is 10.2. The Kier molecular flexibility index (Phi) is 7.41. The van der Waals surface area contributed by atoms with E-state index in [4.69, 9.17) is 4.74 Å². The van der Waals surface area contributed by atoms with Crippen molar-refractivity contribution in [3.8, 4) is 16.2 Å². The minimum absolute atomic E-state index is 0. The summed E-state index contributed by atoms with van der Waals surface area (Å²) in [4.78, 5) is 14.7. The van der Waals surface area contributed by atoms with Crippen molar-refractivity contribution in [1.82, 2.24) is 20.4 Å². The molecule has 0 aliphatic heterocycles. The number of aryl methyl sites for hydroxylation is 1. The molecule has 8 heteroatoms. The number of aromatic nitrogens is 2. The molecule has 2 N–H and O–H groups in total. The van der Waals surface area contributed by atoms with E-state index in [0.717, 1.165) is 26.6 Å². The van der Waals surface area contributed by atoms with Crippen molar-refractivity contribution >= 4 is 29.7 Å². The van der Waals surface area contributed by atoms with Crippen molar-refractivity contribution in [2.24, 2.45) is 7.05 Å². The molecule has 1 atom stereocenters. The zero-order valence-electron chi connectivity index (χ0n) is 15.4. The summed E-state index contributed by atoms with van der Waals surface area (Å²) < 4.78 is 6.88. The van der Waals surface area contributed by atoms with Gasteiger partial charge in [-0.25, -0.2) is 0 Å². The SMILES string of the molecule is CNC(C(=O)NCc1ccc(-c2ccc(OC)cc2)s1)c1cnn(C)c1.Cl. The van der Waals surface area contributed by atoms with Gasteiger partial charge in [0.25, 0.3) is 0 Å². The summed E-state index contributed by atoms with van der Waals surface area (Å²) in [6.45, 7) is 0.498. The number of ether oxygens (including phenoxy) is 1. The number of amides is 1. The molecule has 0 bridgehead atoms. The van der Waals surface area contributed by atoms with E-state index in [0.29, 0.717) is 6.54 Å². The van der Waals surface area contributed by atoms with Gasteiger partial charge in [-0.15, -0.1) is 23.7 Å². The highest BCUT2D eigenvalue weighted by molar-refractivity contribution is 7.15. The number of nitrogens with zero attached hydrogens (tertiary/aromatic N) is 2. The molecule has 1 aromatic carbocycles. The molecule has 27 heavy (non-hydrogen) atoms. The quantitative estimate of drug-likeness (QED) is 0.632. The second-order valence-corrected chi connectivity index (χ2v) is 7.05. The lowest BCUT2D eigenvalue weighted by atomic mass is 10.1. The Balaban J connectivity index is 0.00000261. The summed E-state index contributed by atoms with van der Waals surface area (Å²) in [6, 6.07) is 11.7. The van der Waals surface area contributed by atoms with Crippen molar-refractivity contribution in [1.29, 1.82) is 0 Å². The molecule has 3 aromatic rings. The lowest BCUT2D eigenvalue weighted by molar-refractivity contribution is -0.123. The van der Waals surface area contributed by atoms with E-state index in [1.165, 1.54) is 0 Å². The number of carbonyl (C=O) groups is 1. The number of benzene rings is 1. The van der Waals surface area contributed by atoms with Gasteiger partial charge in [0.1, 0.15) is 11.8 Å².